The van der Waals surface area contributed by atoms with Gasteiger partial charge in [-0.25, -0.2) is 0 Å². The second-order valence-electron chi connectivity index (χ2n) is 10.5. The summed E-state index contributed by atoms with van der Waals surface area (Å²) < 4.78 is 7.16. The van der Waals surface area contributed by atoms with E-state index in [4.69, 9.17) is 16.3 Å². The third kappa shape index (κ3) is 5.64. The van der Waals surface area contributed by atoms with Crippen LogP contribution in [0, 0.1) is 5.92 Å². The molecule has 202 valence electrons. The minimum absolute atomic E-state index is 0.0385. The maximum Gasteiger partial charge on any atom is 0.276 e. The fourth-order valence-corrected chi connectivity index (χ4v) is 6.01. The minimum Gasteiger partial charge on any atom is -0.393 e. The number of aliphatic hydroxyl groups is 1. The zero-order valence-corrected chi connectivity index (χ0v) is 22.7. The Morgan fingerprint density at radius 1 is 1.18 bits per heavy atom. The molecule has 2 heterocycles. The number of hydrogen-bond acceptors (Lipinski definition) is 6. The molecule has 9 heteroatoms. The van der Waals surface area contributed by atoms with Crippen molar-refractivity contribution >= 4 is 28.4 Å². The quantitative estimate of drug-likeness (QED) is 0.477. The lowest BCUT2D eigenvalue weighted by Gasteiger charge is -2.28. The number of fused-ring (bicyclic) bond motifs is 1. The van der Waals surface area contributed by atoms with Crippen LogP contribution in [0.3, 0.4) is 0 Å². The van der Waals surface area contributed by atoms with E-state index in [0.717, 1.165) is 54.6 Å². The number of aryl methyl sites for hydroxylation is 1. The number of aromatic nitrogens is 2. The summed E-state index contributed by atoms with van der Waals surface area (Å²) in [6.45, 7) is 6.12. The minimum atomic E-state index is -0.512. The topological polar surface area (TPSA) is 96.7 Å². The maximum absolute atomic E-state index is 13.7. The van der Waals surface area contributed by atoms with Crippen molar-refractivity contribution in [3.63, 3.8) is 0 Å². The monoisotopic (exact) mass is 538 g/mol. The highest BCUT2D eigenvalue weighted by Crippen LogP contribution is 2.39. The number of ether oxygens (including phenoxy) is 1. The molecule has 8 nitrogen and oxygen atoms in total. The van der Waals surface area contributed by atoms with Crippen molar-refractivity contribution in [2.75, 3.05) is 26.3 Å². The Morgan fingerprint density at radius 2 is 1.92 bits per heavy atom. The van der Waals surface area contributed by atoms with Gasteiger partial charge in [0.2, 0.25) is 5.43 Å². The van der Waals surface area contributed by atoms with Gasteiger partial charge in [-0.2, -0.15) is 5.10 Å². The Morgan fingerprint density at radius 3 is 2.61 bits per heavy atom. The summed E-state index contributed by atoms with van der Waals surface area (Å²) in [5.74, 6) is -0.354. The summed E-state index contributed by atoms with van der Waals surface area (Å²) in [5.41, 5.74) is 3.11. The van der Waals surface area contributed by atoms with Gasteiger partial charge in [-0.05, 0) is 59.6 Å². The molecule has 5 rings (SSSR count). The predicted octanol–water partition coefficient (Wildman–Crippen LogP) is 3.61. The van der Waals surface area contributed by atoms with Crippen LogP contribution in [0.2, 0.25) is 5.02 Å². The van der Waals surface area contributed by atoms with E-state index < -0.39 is 5.91 Å². The van der Waals surface area contributed by atoms with Crippen LogP contribution in [0.4, 0.5) is 0 Å². The van der Waals surface area contributed by atoms with Gasteiger partial charge >= 0.3 is 0 Å². The molecule has 1 aliphatic heterocycles. The van der Waals surface area contributed by atoms with E-state index in [-0.39, 0.29) is 35.6 Å². The van der Waals surface area contributed by atoms with E-state index in [1.54, 1.807) is 23.9 Å². The molecule has 1 unspecified atom stereocenters. The summed E-state index contributed by atoms with van der Waals surface area (Å²) in [6, 6.07) is 11.3. The van der Waals surface area contributed by atoms with Crippen LogP contribution in [-0.4, -0.2) is 58.1 Å². The Kier molecular flexibility index (Phi) is 8.14. The molecule has 2 N–H and O–H groups in total. The van der Waals surface area contributed by atoms with E-state index in [2.05, 4.69) is 28.3 Å². The molecule has 1 aromatic heterocycles. The molecule has 0 radical (unpaired) electrons. The molecule has 0 bridgehead atoms. The summed E-state index contributed by atoms with van der Waals surface area (Å²) in [6.07, 6.45) is 2.39. The summed E-state index contributed by atoms with van der Waals surface area (Å²) in [7, 11) is 1.78. The Balaban J connectivity index is 1.53. The van der Waals surface area contributed by atoms with Gasteiger partial charge in [0.25, 0.3) is 5.91 Å². The molecule has 3 atom stereocenters. The molecule has 1 saturated heterocycles. The van der Waals surface area contributed by atoms with Crippen LogP contribution in [0.25, 0.3) is 10.9 Å². The fourth-order valence-electron chi connectivity index (χ4n) is 5.88. The maximum atomic E-state index is 13.7. The highest BCUT2D eigenvalue weighted by atomic mass is 35.5. The van der Waals surface area contributed by atoms with Gasteiger partial charge in [-0.1, -0.05) is 43.1 Å². The van der Waals surface area contributed by atoms with Crippen molar-refractivity contribution in [2.45, 2.75) is 51.3 Å². The van der Waals surface area contributed by atoms with Gasteiger partial charge in [0.05, 0.1) is 30.2 Å². The molecule has 1 aliphatic carbocycles. The molecule has 2 fully saturated rings. The Labute approximate surface area is 227 Å². The number of hydrogen-bond donors (Lipinski definition) is 2. The van der Waals surface area contributed by atoms with E-state index in [9.17, 15) is 14.7 Å². The van der Waals surface area contributed by atoms with E-state index in [1.807, 2.05) is 18.2 Å². The molecule has 38 heavy (non-hydrogen) atoms. The summed E-state index contributed by atoms with van der Waals surface area (Å²) in [5, 5.41) is 19.0. The molecular formula is C29H35ClN4O4. The highest BCUT2D eigenvalue weighted by molar-refractivity contribution is 6.30. The predicted molar refractivity (Wildman–Crippen MR) is 147 cm³/mol. The van der Waals surface area contributed by atoms with E-state index in [0.29, 0.717) is 30.2 Å². The number of morpholine rings is 1. The first kappa shape index (κ1) is 26.8. The first-order chi connectivity index (χ1) is 18.3. The molecule has 2 aliphatic rings. The second-order valence-corrected chi connectivity index (χ2v) is 11.0. The van der Waals surface area contributed by atoms with Crippen molar-refractivity contribution in [1.82, 2.24) is 20.0 Å². The summed E-state index contributed by atoms with van der Waals surface area (Å²) in [4.78, 5) is 29.2. The lowest BCUT2D eigenvalue weighted by atomic mass is 9.83. The molecule has 0 spiro atoms. The third-order valence-corrected chi connectivity index (χ3v) is 8.24. The fraction of sp³-hybridized carbons (Fsp3) is 0.483. The smallest absolute Gasteiger partial charge is 0.276 e. The van der Waals surface area contributed by atoms with Crippen LogP contribution in [0.1, 0.15) is 59.3 Å². The van der Waals surface area contributed by atoms with Gasteiger partial charge in [-0.15, -0.1) is 0 Å². The van der Waals surface area contributed by atoms with Gasteiger partial charge in [0.15, 0.2) is 5.69 Å². The molecule has 2 aromatic carbocycles. The molecule has 1 amide bonds. The zero-order chi connectivity index (χ0) is 26.8. The van der Waals surface area contributed by atoms with Crippen LogP contribution < -0.4 is 10.7 Å². The Hall–Kier alpha value is -2.78. The normalized spacial score (nSPS) is 21.1. The van der Waals surface area contributed by atoms with Crippen LogP contribution >= 0.6 is 11.6 Å². The van der Waals surface area contributed by atoms with Crippen molar-refractivity contribution in [3.05, 3.63) is 74.0 Å². The highest BCUT2D eigenvalue weighted by Gasteiger charge is 2.33. The van der Waals surface area contributed by atoms with E-state index >= 15 is 0 Å². The van der Waals surface area contributed by atoms with Gasteiger partial charge in [0.1, 0.15) is 0 Å². The first-order valence-electron chi connectivity index (χ1n) is 13.4. The van der Waals surface area contributed by atoms with Crippen LogP contribution in [-0.2, 0) is 24.9 Å². The number of nitrogens with zero attached hydrogens (tertiary/aromatic N) is 3. The lowest BCUT2D eigenvalue weighted by molar-refractivity contribution is 0.0342. The molecule has 3 aromatic rings. The first-order valence-corrected chi connectivity index (χ1v) is 13.7. The SMILES string of the molecule is CC(c1cc(CN2CCOCC2)cc2c(=O)c(C(=O)NCc3ccc(Cl)cc3)nn(C)c12)[C@H]1CCC[C@@H]1O. The van der Waals surface area contributed by atoms with Crippen LogP contribution in [0.15, 0.2) is 41.2 Å². The number of carbonyl (C=O) groups is 1. The van der Waals surface area contributed by atoms with Crippen molar-refractivity contribution in [3.8, 4) is 0 Å². The molecule has 1 saturated carbocycles. The number of halogens is 1. The van der Waals surface area contributed by atoms with Crippen molar-refractivity contribution in [1.29, 1.82) is 0 Å². The number of carbonyl (C=O) groups excluding carboxylic acids is 1. The number of rotatable bonds is 7. The lowest BCUT2D eigenvalue weighted by Crippen LogP contribution is -2.36. The van der Waals surface area contributed by atoms with Crippen molar-refractivity contribution in [2.24, 2.45) is 13.0 Å². The second kappa shape index (κ2) is 11.5. The Bertz CT molecular complexity index is 1370. The standard InChI is InChI=1S/C29H35ClN4O4/c1-18(22-4-3-5-25(22)35)23-14-20(17-34-10-12-38-13-11-34)15-24-27(23)33(2)32-26(28(24)36)29(37)31-16-19-6-8-21(30)9-7-19/h6-9,14-15,18,22,25,35H,3-5,10-13,16-17H2,1-2H3,(H,31,37)/t18?,22-,25+/m1/s1. The number of amides is 1. The van der Waals surface area contributed by atoms with Gasteiger partial charge < -0.3 is 15.2 Å². The number of nitrogens with one attached hydrogen (secondary N) is 1. The zero-order valence-electron chi connectivity index (χ0n) is 22.0. The largest absolute Gasteiger partial charge is 0.393 e. The molecular weight excluding hydrogens is 504 g/mol. The van der Waals surface area contributed by atoms with Crippen LogP contribution in [0.5, 0.6) is 0 Å². The van der Waals surface area contributed by atoms with Gasteiger partial charge in [0, 0.05) is 38.2 Å². The average molecular weight is 539 g/mol. The average Bonchev–Trinajstić information content (AvgIpc) is 3.35. The summed E-state index contributed by atoms with van der Waals surface area (Å²) >= 11 is 5.96. The van der Waals surface area contributed by atoms with Crippen molar-refractivity contribution < 1.29 is 14.6 Å². The number of aliphatic hydroxyl groups excluding tert-OH is 1. The third-order valence-electron chi connectivity index (χ3n) is 7.99. The van der Waals surface area contributed by atoms with Gasteiger partial charge in [-0.3, -0.25) is 19.2 Å². The van der Waals surface area contributed by atoms with E-state index in [1.165, 1.54) is 0 Å². The number of benzene rings is 2.